The molecule has 0 fully saturated rings. The van der Waals surface area contributed by atoms with E-state index in [9.17, 15) is 4.39 Å². The Morgan fingerprint density at radius 1 is 0.358 bits per heavy atom. The molecule has 0 radical (unpaired) electrons. The Bertz CT molecular complexity index is 3190. The fraction of sp³-hybridized carbons (Fsp3) is 0. The fourth-order valence-electron chi connectivity index (χ4n) is 8.22. The van der Waals surface area contributed by atoms with Crippen molar-refractivity contribution < 1.29 is 4.39 Å². The summed E-state index contributed by atoms with van der Waals surface area (Å²) in [6.07, 6.45) is 0. The van der Waals surface area contributed by atoms with Crippen molar-refractivity contribution in [1.82, 2.24) is 9.13 Å². The highest BCUT2D eigenvalue weighted by Gasteiger charge is 2.21. The highest BCUT2D eigenvalue weighted by atomic mass is 32.1. The Balaban J connectivity index is 1.19. The SMILES string of the molecule is Fc1ccc(-n2c3ccccc3c3cc(N(c4ccc5sc6ccccc6c5c4)c4ccc5c6ccccc6n(-c6ccccc6)c5c4)ccc32)cc1. The van der Waals surface area contributed by atoms with E-state index in [1.165, 1.54) is 48.6 Å². The highest BCUT2D eigenvalue weighted by molar-refractivity contribution is 7.25. The van der Waals surface area contributed by atoms with Crippen molar-refractivity contribution in [3.63, 3.8) is 0 Å². The average Bonchev–Trinajstić information content (AvgIpc) is 3.86. The lowest BCUT2D eigenvalue weighted by atomic mass is 10.1. The van der Waals surface area contributed by atoms with E-state index in [4.69, 9.17) is 0 Å². The quantitative estimate of drug-likeness (QED) is 0.174. The summed E-state index contributed by atoms with van der Waals surface area (Å²) in [5.74, 6) is -0.244. The summed E-state index contributed by atoms with van der Waals surface area (Å²) >= 11 is 1.83. The molecule has 3 aromatic heterocycles. The first-order valence-electron chi connectivity index (χ1n) is 17.8. The van der Waals surface area contributed by atoms with Gasteiger partial charge < -0.3 is 14.0 Å². The Morgan fingerprint density at radius 3 is 1.64 bits per heavy atom. The second-order valence-electron chi connectivity index (χ2n) is 13.5. The van der Waals surface area contributed by atoms with E-state index >= 15 is 0 Å². The summed E-state index contributed by atoms with van der Waals surface area (Å²) in [7, 11) is 0. The van der Waals surface area contributed by atoms with Crippen molar-refractivity contribution in [2.75, 3.05) is 4.90 Å². The van der Waals surface area contributed by atoms with Gasteiger partial charge in [0.2, 0.25) is 0 Å². The number of benzene rings is 8. The number of anilines is 3. The first kappa shape index (κ1) is 30.0. The zero-order chi connectivity index (χ0) is 35.0. The minimum absolute atomic E-state index is 0.244. The number of hydrogen-bond acceptors (Lipinski definition) is 2. The van der Waals surface area contributed by atoms with E-state index in [0.717, 1.165) is 55.8 Å². The van der Waals surface area contributed by atoms with Gasteiger partial charge in [0.15, 0.2) is 0 Å². The summed E-state index contributed by atoms with van der Waals surface area (Å²) < 4.78 is 21.2. The third-order valence-corrected chi connectivity index (χ3v) is 11.7. The molecule has 0 saturated carbocycles. The molecule has 0 spiro atoms. The molecule has 0 amide bonds. The fourth-order valence-corrected chi connectivity index (χ4v) is 9.31. The zero-order valence-electron chi connectivity index (χ0n) is 28.4. The number of hydrogen-bond donors (Lipinski definition) is 0. The molecule has 8 aromatic carbocycles. The van der Waals surface area contributed by atoms with Crippen LogP contribution >= 0.6 is 11.3 Å². The maximum Gasteiger partial charge on any atom is 0.123 e. The van der Waals surface area contributed by atoms with Crippen molar-refractivity contribution >= 4 is 92.2 Å². The van der Waals surface area contributed by atoms with Crippen LogP contribution in [-0.4, -0.2) is 9.13 Å². The first-order chi connectivity index (χ1) is 26.2. The number of thiophene rings is 1. The van der Waals surface area contributed by atoms with Crippen LogP contribution in [0.15, 0.2) is 182 Å². The van der Waals surface area contributed by atoms with Gasteiger partial charge in [-0.15, -0.1) is 11.3 Å². The van der Waals surface area contributed by atoms with Crippen LogP contribution in [0.25, 0.3) is 75.2 Å². The Kier molecular flexibility index (Phi) is 6.60. The predicted molar refractivity (Wildman–Crippen MR) is 223 cm³/mol. The van der Waals surface area contributed by atoms with Crippen LogP contribution in [0.5, 0.6) is 0 Å². The van der Waals surface area contributed by atoms with Crippen molar-refractivity contribution in [2.45, 2.75) is 0 Å². The van der Waals surface area contributed by atoms with Crippen LogP contribution in [0.3, 0.4) is 0 Å². The lowest BCUT2D eigenvalue weighted by Gasteiger charge is -2.26. The van der Waals surface area contributed by atoms with Gasteiger partial charge in [0.25, 0.3) is 0 Å². The molecule has 0 unspecified atom stereocenters. The minimum Gasteiger partial charge on any atom is -0.310 e. The van der Waals surface area contributed by atoms with E-state index in [-0.39, 0.29) is 5.82 Å². The Hall–Kier alpha value is -6.69. The normalized spacial score (nSPS) is 11.9. The standard InChI is InChI=1S/C48H30FN3S/c49-31-18-20-33(21-19-31)51-44-16-8-5-13-38(44)41-28-34(23-26-45(41)51)50(35-24-27-48-42(29-35)40-14-6-9-17-47(40)53-48)36-22-25-39-37-12-4-7-15-43(37)52(46(39)30-36)32-10-2-1-3-11-32/h1-30H. The smallest absolute Gasteiger partial charge is 0.123 e. The number of para-hydroxylation sites is 3. The van der Waals surface area contributed by atoms with Crippen LogP contribution in [0.1, 0.15) is 0 Å². The second-order valence-corrected chi connectivity index (χ2v) is 14.6. The van der Waals surface area contributed by atoms with Crippen molar-refractivity contribution in [1.29, 1.82) is 0 Å². The van der Waals surface area contributed by atoms with Gasteiger partial charge in [-0.1, -0.05) is 78.9 Å². The van der Waals surface area contributed by atoms with E-state index in [2.05, 4.69) is 172 Å². The monoisotopic (exact) mass is 699 g/mol. The van der Waals surface area contributed by atoms with Crippen molar-refractivity contribution in [3.05, 3.63) is 188 Å². The van der Waals surface area contributed by atoms with Gasteiger partial charge in [-0.2, -0.15) is 0 Å². The van der Waals surface area contributed by atoms with Gasteiger partial charge in [-0.25, -0.2) is 4.39 Å². The molecule has 0 atom stereocenters. The van der Waals surface area contributed by atoms with Crippen LogP contribution in [-0.2, 0) is 0 Å². The topological polar surface area (TPSA) is 13.1 Å². The molecule has 0 aliphatic heterocycles. The van der Waals surface area contributed by atoms with Crippen molar-refractivity contribution in [2.24, 2.45) is 0 Å². The molecule has 11 rings (SSSR count). The molecule has 0 bridgehead atoms. The number of halogens is 1. The van der Waals surface area contributed by atoms with Gasteiger partial charge >= 0.3 is 0 Å². The lowest BCUT2D eigenvalue weighted by Crippen LogP contribution is -2.10. The van der Waals surface area contributed by atoms with Crippen LogP contribution in [0.2, 0.25) is 0 Å². The maximum absolute atomic E-state index is 14.0. The molecule has 0 N–H and O–H groups in total. The molecular weight excluding hydrogens is 670 g/mol. The van der Waals surface area contributed by atoms with Crippen molar-refractivity contribution in [3.8, 4) is 11.4 Å². The number of fused-ring (bicyclic) bond motifs is 9. The Morgan fingerprint density at radius 2 is 0.868 bits per heavy atom. The van der Waals surface area contributed by atoms with E-state index in [1.807, 2.05) is 23.5 Å². The summed E-state index contributed by atoms with van der Waals surface area (Å²) in [5.41, 5.74) is 9.75. The average molecular weight is 700 g/mol. The number of rotatable bonds is 5. The van der Waals surface area contributed by atoms with Gasteiger partial charge in [-0.05, 0) is 103 Å². The third-order valence-electron chi connectivity index (χ3n) is 10.5. The first-order valence-corrected chi connectivity index (χ1v) is 18.6. The van der Waals surface area contributed by atoms with Gasteiger partial charge in [0.1, 0.15) is 5.82 Å². The molecule has 0 aliphatic carbocycles. The van der Waals surface area contributed by atoms with E-state index in [0.29, 0.717) is 0 Å². The zero-order valence-corrected chi connectivity index (χ0v) is 29.3. The minimum atomic E-state index is -0.244. The van der Waals surface area contributed by atoms with Crippen LogP contribution < -0.4 is 4.90 Å². The molecule has 3 nitrogen and oxygen atoms in total. The summed E-state index contributed by atoms with van der Waals surface area (Å²) in [4.78, 5) is 2.39. The predicted octanol–water partition coefficient (Wildman–Crippen LogP) is 13.9. The summed E-state index contributed by atoms with van der Waals surface area (Å²) in [6, 6.07) is 63.7. The van der Waals surface area contributed by atoms with Gasteiger partial charge in [0.05, 0.1) is 22.1 Å². The molecule has 11 aromatic rings. The maximum atomic E-state index is 14.0. The largest absolute Gasteiger partial charge is 0.310 e. The van der Waals surface area contributed by atoms with Gasteiger partial charge in [-0.3, -0.25) is 0 Å². The van der Waals surface area contributed by atoms with Gasteiger partial charge in [0, 0.05) is 70.2 Å². The molecular formula is C48H30FN3S. The Labute approximate surface area is 308 Å². The summed E-state index contributed by atoms with van der Waals surface area (Å²) in [5, 5.41) is 7.24. The lowest BCUT2D eigenvalue weighted by molar-refractivity contribution is 0.627. The number of nitrogens with zero attached hydrogens (tertiary/aromatic N) is 3. The summed E-state index contributed by atoms with van der Waals surface area (Å²) in [6.45, 7) is 0. The molecule has 53 heavy (non-hydrogen) atoms. The molecule has 0 aliphatic rings. The molecule has 0 saturated heterocycles. The molecule has 5 heteroatoms. The second kappa shape index (κ2) is 11.7. The number of aromatic nitrogens is 2. The highest BCUT2D eigenvalue weighted by Crippen LogP contribution is 2.44. The van der Waals surface area contributed by atoms with Crippen LogP contribution in [0.4, 0.5) is 21.5 Å². The van der Waals surface area contributed by atoms with E-state index < -0.39 is 0 Å². The molecule has 3 heterocycles. The van der Waals surface area contributed by atoms with E-state index in [1.54, 1.807) is 0 Å². The van der Waals surface area contributed by atoms with Crippen LogP contribution in [0, 0.1) is 5.82 Å². The third kappa shape index (κ3) is 4.64. The molecule has 250 valence electrons.